The van der Waals surface area contributed by atoms with Gasteiger partial charge in [0.2, 0.25) is 17.7 Å². The molecule has 0 saturated carbocycles. The van der Waals surface area contributed by atoms with Gasteiger partial charge in [0.25, 0.3) is 0 Å². The van der Waals surface area contributed by atoms with E-state index >= 15 is 0 Å². The predicted molar refractivity (Wildman–Crippen MR) is 143 cm³/mol. The molecule has 194 valence electrons. The van der Waals surface area contributed by atoms with Gasteiger partial charge in [-0.15, -0.1) is 11.3 Å². The smallest absolute Gasteiger partial charge is 0.244 e. The number of carbonyl (C=O) groups is 3. The first-order valence-electron chi connectivity index (χ1n) is 12.1. The summed E-state index contributed by atoms with van der Waals surface area (Å²) in [6.07, 6.45) is 1.65. The summed E-state index contributed by atoms with van der Waals surface area (Å²) in [5.41, 5.74) is 5.67. The van der Waals surface area contributed by atoms with Gasteiger partial charge in [0.1, 0.15) is 17.0 Å². The van der Waals surface area contributed by atoms with Crippen molar-refractivity contribution in [1.82, 2.24) is 4.90 Å². The van der Waals surface area contributed by atoms with Crippen LogP contribution >= 0.6 is 11.3 Å². The van der Waals surface area contributed by atoms with Gasteiger partial charge in [0, 0.05) is 23.5 Å². The molecule has 1 aliphatic heterocycles. The maximum Gasteiger partial charge on any atom is 0.244 e. The van der Waals surface area contributed by atoms with Crippen molar-refractivity contribution in [3.8, 4) is 11.5 Å². The minimum Gasteiger partial charge on any atom is -0.497 e. The number of benzene rings is 2. The SMILES string of the molecule is COc1ccc(NC(=O)[C@@H](c2ccc(OC)cc2)C2(C(N)=O)CCCN2C(=O)CCc2cccs2)cc1. The third-order valence-corrected chi connectivity index (χ3v) is 7.80. The van der Waals surface area contributed by atoms with E-state index in [2.05, 4.69) is 5.32 Å². The normalized spacial score (nSPS) is 17.7. The zero-order chi connectivity index (χ0) is 26.4. The van der Waals surface area contributed by atoms with Crippen LogP contribution in [0, 0.1) is 0 Å². The fourth-order valence-electron chi connectivity index (χ4n) is 5.04. The lowest BCUT2D eigenvalue weighted by Gasteiger charge is -2.41. The zero-order valence-electron chi connectivity index (χ0n) is 20.9. The van der Waals surface area contributed by atoms with Crippen molar-refractivity contribution in [1.29, 1.82) is 0 Å². The first kappa shape index (κ1) is 26.2. The summed E-state index contributed by atoms with van der Waals surface area (Å²) in [4.78, 5) is 43.3. The fourth-order valence-corrected chi connectivity index (χ4v) is 5.75. The molecular weight excluding hydrogens is 490 g/mol. The number of amides is 3. The summed E-state index contributed by atoms with van der Waals surface area (Å²) in [6.45, 7) is 0.356. The fraction of sp³-hybridized carbons (Fsp3) is 0.321. The summed E-state index contributed by atoms with van der Waals surface area (Å²) in [5.74, 6) is -1.07. The Bertz CT molecular complexity index is 1230. The number of methoxy groups -OCH3 is 2. The van der Waals surface area contributed by atoms with Crippen molar-refractivity contribution in [2.75, 3.05) is 26.1 Å². The maximum absolute atomic E-state index is 13.9. The molecule has 1 aromatic heterocycles. The molecule has 0 bridgehead atoms. The topological polar surface area (TPSA) is 111 Å². The van der Waals surface area contributed by atoms with Gasteiger partial charge in [-0.1, -0.05) is 18.2 Å². The number of rotatable bonds is 10. The molecule has 0 aliphatic carbocycles. The Labute approximate surface area is 220 Å². The van der Waals surface area contributed by atoms with E-state index in [-0.39, 0.29) is 12.3 Å². The monoisotopic (exact) mass is 521 g/mol. The lowest BCUT2D eigenvalue weighted by atomic mass is 9.75. The van der Waals surface area contributed by atoms with Gasteiger partial charge < -0.3 is 25.4 Å². The van der Waals surface area contributed by atoms with Crippen LogP contribution in [0.5, 0.6) is 11.5 Å². The Morgan fingerprint density at radius 2 is 1.68 bits per heavy atom. The van der Waals surface area contributed by atoms with Crippen LogP contribution in [-0.4, -0.2) is 48.9 Å². The van der Waals surface area contributed by atoms with Crippen molar-refractivity contribution in [2.45, 2.75) is 37.1 Å². The minimum absolute atomic E-state index is 0.194. The molecule has 2 atom stereocenters. The maximum atomic E-state index is 13.9. The van der Waals surface area contributed by atoms with Gasteiger partial charge in [-0.3, -0.25) is 14.4 Å². The second kappa shape index (κ2) is 11.5. The molecule has 0 radical (unpaired) electrons. The summed E-state index contributed by atoms with van der Waals surface area (Å²) >= 11 is 1.58. The average Bonchev–Trinajstić information content (AvgIpc) is 3.59. The molecule has 3 aromatic rings. The van der Waals surface area contributed by atoms with Crippen LogP contribution < -0.4 is 20.5 Å². The number of ether oxygens (including phenoxy) is 2. The van der Waals surface area contributed by atoms with Gasteiger partial charge in [-0.2, -0.15) is 0 Å². The number of hydrogen-bond donors (Lipinski definition) is 2. The van der Waals surface area contributed by atoms with Crippen molar-refractivity contribution < 1.29 is 23.9 Å². The number of anilines is 1. The molecule has 1 fully saturated rings. The number of nitrogens with one attached hydrogen (secondary N) is 1. The standard InChI is InChI=1S/C28H31N3O5S/c1-35-21-10-6-19(7-11-21)25(26(33)30-20-8-12-22(36-2)13-9-20)28(27(29)34)16-4-17-31(28)24(32)15-14-23-5-3-18-37-23/h3,5-13,18,25H,4,14-17H2,1-2H3,(H2,29,34)(H,30,33)/t25-,28?/m1/s1. The van der Waals surface area contributed by atoms with Crippen molar-refractivity contribution in [2.24, 2.45) is 5.73 Å². The number of carbonyl (C=O) groups excluding carboxylic acids is 3. The van der Waals surface area contributed by atoms with E-state index in [4.69, 9.17) is 15.2 Å². The third-order valence-electron chi connectivity index (χ3n) is 6.86. The second-order valence-corrected chi connectivity index (χ2v) is 9.97. The number of primary amides is 1. The van der Waals surface area contributed by atoms with Crippen LogP contribution in [0.1, 0.15) is 35.6 Å². The third kappa shape index (κ3) is 5.46. The van der Waals surface area contributed by atoms with E-state index < -0.39 is 23.3 Å². The van der Waals surface area contributed by atoms with E-state index in [1.54, 1.807) is 74.1 Å². The Hall–Kier alpha value is -3.85. The molecular formula is C28H31N3O5S. The number of nitrogens with zero attached hydrogens (tertiary/aromatic N) is 1. The molecule has 3 N–H and O–H groups in total. The molecule has 1 unspecified atom stereocenters. The highest BCUT2D eigenvalue weighted by molar-refractivity contribution is 7.09. The Balaban J connectivity index is 1.71. The zero-order valence-corrected chi connectivity index (χ0v) is 21.8. The molecule has 1 saturated heterocycles. The molecule has 4 rings (SSSR count). The number of nitrogens with two attached hydrogens (primary N) is 1. The largest absolute Gasteiger partial charge is 0.497 e. The molecule has 3 amide bonds. The molecule has 2 heterocycles. The van der Waals surface area contributed by atoms with Crippen LogP contribution in [0.2, 0.25) is 0 Å². The second-order valence-electron chi connectivity index (χ2n) is 8.94. The van der Waals surface area contributed by atoms with Gasteiger partial charge in [-0.05, 0) is 72.7 Å². The van der Waals surface area contributed by atoms with E-state index in [9.17, 15) is 14.4 Å². The summed E-state index contributed by atoms with van der Waals surface area (Å²) in [6, 6.07) is 17.8. The van der Waals surface area contributed by atoms with Gasteiger partial charge >= 0.3 is 0 Å². The number of thiophene rings is 1. The van der Waals surface area contributed by atoms with Crippen molar-refractivity contribution >= 4 is 34.7 Å². The predicted octanol–water partition coefficient (Wildman–Crippen LogP) is 3.97. The quantitative estimate of drug-likeness (QED) is 0.420. The van der Waals surface area contributed by atoms with Crippen LogP contribution in [0.25, 0.3) is 0 Å². The molecule has 8 nitrogen and oxygen atoms in total. The Kier molecular flexibility index (Phi) is 8.13. The summed E-state index contributed by atoms with van der Waals surface area (Å²) < 4.78 is 10.5. The number of likely N-dealkylation sites (tertiary alicyclic amines) is 1. The van der Waals surface area contributed by atoms with E-state index in [0.717, 1.165) is 4.88 Å². The lowest BCUT2D eigenvalue weighted by Crippen LogP contribution is -2.61. The van der Waals surface area contributed by atoms with Crippen molar-refractivity contribution in [3.63, 3.8) is 0 Å². The first-order valence-corrected chi connectivity index (χ1v) is 13.0. The highest BCUT2D eigenvalue weighted by Gasteiger charge is 2.56. The number of hydrogen-bond acceptors (Lipinski definition) is 6. The highest BCUT2D eigenvalue weighted by atomic mass is 32.1. The average molecular weight is 522 g/mol. The summed E-state index contributed by atoms with van der Waals surface area (Å²) in [5, 5.41) is 4.89. The van der Waals surface area contributed by atoms with Crippen LogP contribution in [0.15, 0.2) is 66.0 Å². The van der Waals surface area contributed by atoms with E-state index in [1.807, 2.05) is 17.5 Å². The molecule has 2 aromatic carbocycles. The molecule has 9 heteroatoms. The van der Waals surface area contributed by atoms with Gasteiger partial charge in [0.05, 0.1) is 20.1 Å². The van der Waals surface area contributed by atoms with Crippen LogP contribution in [0.3, 0.4) is 0 Å². The molecule has 1 aliphatic rings. The van der Waals surface area contributed by atoms with Gasteiger partial charge in [0.15, 0.2) is 0 Å². The first-order chi connectivity index (χ1) is 17.9. The van der Waals surface area contributed by atoms with Crippen LogP contribution in [0.4, 0.5) is 5.69 Å². The Morgan fingerprint density at radius 1 is 1.03 bits per heavy atom. The minimum atomic E-state index is -1.50. The summed E-state index contributed by atoms with van der Waals surface area (Å²) in [7, 11) is 3.12. The lowest BCUT2D eigenvalue weighted by molar-refractivity contribution is -0.147. The molecule has 37 heavy (non-hydrogen) atoms. The molecule has 0 spiro atoms. The van der Waals surface area contributed by atoms with E-state index in [0.29, 0.717) is 48.6 Å². The highest BCUT2D eigenvalue weighted by Crippen LogP contribution is 2.43. The van der Waals surface area contributed by atoms with Crippen LogP contribution in [-0.2, 0) is 20.8 Å². The van der Waals surface area contributed by atoms with Gasteiger partial charge in [-0.25, -0.2) is 0 Å². The van der Waals surface area contributed by atoms with E-state index in [1.165, 1.54) is 4.90 Å². The number of aryl methyl sites for hydroxylation is 1. The van der Waals surface area contributed by atoms with Crippen molar-refractivity contribution in [3.05, 3.63) is 76.5 Å². The Morgan fingerprint density at radius 3 is 2.24 bits per heavy atom.